The Hall–Kier alpha value is -2.13. The predicted octanol–water partition coefficient (Wildman–Crippen LogP) is 0.969. The van der Waals surface area contributed by atoms with Crippen LogP contribution in [0.1, 0.15) is 36.1 Å². The van der Waals surface area contributed by atoms with E-state index < -0.39 is 16.0 Å². The van der Waals surface area contributed by atoms with Crippen molar-refractivity contribution in [2.45, 2.75) is 31.3 Å². The van der Waals surface area contributed by atoms with E-state index in [2.05, 4.69) is 14.9 Å². The SMILES string of the molecule is CC(C)n1cc(S(=O)(=O)NCc2ccn[nH]2)cc1C(=O)O. The van der Waals surface area contributed by atoms with Gasteiger partial charge in [-0.1, -0.05) is 0 Å². The number of carboxylic acid groups (broad SMARTS) is 1. The van der Waals surface area contributed by atoms with Gasteiger partial charge < -0.3 is 9.67 Å². The Balaban J connectivity index is 2.27. The highest BCUT2D eigenvalue weighted by Crippen LogP contribution is 2.19. The molecule has 0 bridgehead atoms. The first-order valence-electron chi connectivity index (χ1n) is 6.24. The van der Waals surface area contributed by atoms with Crippen LogP contribution in [0, 0.1) is 0 Å². The molecule has 0 aliphatic heterocycles. The maximum Gasteiger partial charge on any atom is 0.352 e. The van der Waals surface area contributed by atoms with Crippen LogP contribution >= 0.6 is 0 Å². The smallest absolute Gasteiger partial charge is 0.352 e. The van der Waals surface area contributed by atoms with Crippen LogP contribution in [0.2, 0.25) is 0 Å². The number of carbonyl (C=O) groups is 1. The fraction of sp³-hybridized carbons (Fsp3) is 0.333. The molecule has 0 aliphatic carbocycles. The average Bonchev–Trinajstić information content (AvgIpc) is 3.06. The molecule has 0 amide bonds. The largest absolute Gasteiger partial charge is 0.477 e. The first-order valence-corrected chi connectivity index (χ1v) is 7.72. The molecule has 0 fully saturated rings. The van der Waals surface area contributed by atoms with Crippen LogP contribution in [0.4, 0.5) is 0 Å². The number of hydrogen-bond acceptors (Lipinski definition) is 4. The van der Waals surface area contributed by atoms with Crippen LogP contribution in [-0.2, 0) is 16.6 Å². The quantitative estimate of drug-likeness (QED) is 0.734. The van der Waals surface area contributed by atoms with E-state index in [0.29, 0.717) is 5.69 Å². The number of sulfonamides is 1. The molecule has 114 valence electrons. The standard InChI is InChI=1S/C12H16N4O4S/c1-8(2)16-7-10(5-11(16)12(17)18)21(19,20)14-6-9-3-4-13-15-9/h3-5,7-8,14H,6H2,1-2H3,(H,13,15)(H,17,18). The molecule has 0 saturated carbocycles. The molecule has 2 rings (SSSR count). The van der Waals surface area contributed by atoms with E-state index in [9.17, 15) is 13.2 Å². The first-order chi connectivity index (χ1) is 9.81. The highest BCUT2D eigenvalue weighted by atomic mass is 32.2. The maximum absolute atomic E-state index is 12.2. The Bertz CT molecular complexity index is 731. The van der Waals surface area contributed by atoms with Crippen molar-refractivity contribution >= 4 is 16.0 Å². The Kier molecular flexibility index (Phi) is 4.14. The van der Waals surface area contributed by atoms with Crippen molar-refractivity contribution < 1.29 is 18.3 Å². The van der Waals surface area contributed by atoms with Gasteiger partial charge in [0.25, 0.3) is 0 Å². The number of hydrogen-bond donors (Lipinski definition) is 3. The summed E-state index contributed by atoms with van der Waals surface area (Å²) in [5, 5.41) is 15.5. The highest BCUT2D eigenvalue weighted by Gasteiger charge is 2.22. The van der Waals surface area contributed by atoms with E-state index in [4.69, 9.17) is 5.11 Å². The molecule has 3 N–H and O–H groups in total. The fourth-order valence-corrected chi connectivity index (χ4v) is 2.87. The van der Waals surface area contributed by atoms with Gasteiger partial charge in [-0.25, -0.2) is 17.9 Å². The number of aromatic nitrogens is 3. The van der Waals surface area contributed by atoms with Crippen LogP contribution < -0.4 is 4.72 Å². The van der Waals surface area contributed by atoms with Gasteiger partial charge in [0, 0.05) is 18.4 Å². The molecule has 0 unspecified atom stereocenters. The van der Waals surface area contributed by atoms with Gasteiger partial charge >= 0.3 is 5.97 Å². The molecule has 2 aromatic heterocycles. The molecular weight excluding hydrogens is 296 g/mol. The Labute approximate surface area is 121 Å². The third kappa shape index (κ3) is 3.31. The number of nitrogens with one attached hydrogen (secondary N) is 2. The lowest BCUT2D eigenvalue weighted by atomic mass is 10.3. The van der Waals surface area contributed by atoms with Gasteiger partial charge in [-0.2, -0.15) is 5.10 Å². The molecule has 8 nitrogen and oxygen atoms in total. The van der Waals surface area contributed by atoms with Gasteiger partial charge in [0.1, 0.15) is 10.6 Å². The van der Waals surface area contributed by atoms with Crippen molar-refractivity contribution in [3.63, 3.8) is 0 Å². The zero-order valence-electron chi connectivity index (χ0n) is 11.6. The molecule has 0 radical (unpaired) electrons. The first kappa shape index (κ1) is 15.3. The number of aromatic amines is 1. The normalized spacial score (nSPS) is 12.0. The average molecular weight is 312 g/mol. The van der Waals surface area contributed by atoms with Crippen LogP contribution in [0.5, 0.6) is 0 Å². The summed E-state index contributed by atoms with van der Waals surface area (Å²) in [5.74, 6) is -1.17. The van der Waals surface area contributed by atoms with E-state index in [1.807, 2.05) is 0 Å². The van der Waals surface area contributed by atoms with Crippen molar-refractivity contribution in [3.05, 3.63) is 35.9 Å². The van der Waals surface area contributed by atoms with Crippen molar-refractivity contribution in [1.29, 1.82) is 0 Å². The predicted molar refractivity (Wildman–Crippen MR) is 74.4 cm³/mol. The molecule has 9 heteroatoms. The second-order valence-electron chi connectivity index (χ2n) is 4.77. The monoisotopic (exact) mass is 312 g/mol. The van der Waals surface area contributed by atoms with E-state index in [-0.39, 0.29) is 23.2 Å². The summed E-state index contributed by atoms with van der Waals surface area (Å²) < 4.78 is 28.2. The Morgan fingerprint density at radius 2 is 2.24 bits per heavy atom. The maximum atomic E-state index is 12.2. The van der Waals surface area contributed by atoms with Gasteiger partial charge in [0.15, 0.2) is 0 Å². The van der Waals surface area contributed by atoms with Crippen molar-refractivity contribution in [2.75, 3.05) is 0 Å². The molecule has 0 atom stereocenters. The topological polar surface area (TPSA) is 117 Å². The molecule has 0 aromatic carbocycles. The Morgan fingerprint density at radius 3 is 2.71 bits per heavy atom. The molecule has 2 heterocycles. The second kappa shape index (κ2) is 5.70. The molecule has 21 heavy (non-hydrogen) atoms. The van der Waals surface area contributed by atoms with Gasteiger partial charge in [-0.15, -0.1) is 0 Å². The van der Waals surface area contributed by atoms with Crippen LogP contribution in [0.15, 0.2) is 29.4 Å². The number of H-pyrrole nitrogens is 1. The zero-order valence-corrected chi connectivity index (χ0v) is 12.4. The Morgan fingerprint density at radius 1 is 1.52 bits per heavy atom. The van der Waals surface area contributed by atoms with Crippen LogP contribution in [0.25, 0.3) is 0 Å². The van der Waals surface area contributed by atoms with Gasteiger partial charge in [0.2, 0.25) is 10.0 Å². The van der Waals surface area contributed by atoms with Crippen molar-refractivity contribution in [3.8, 4) is 0 Å². The molecule has 0 aliphatic rings. The molecular formula is C12H16N4O4S. The van der Waals surface area contributed by atoms with Crippen LogP contribution in [-0.4, -0.2) is 34.3 Å². The number of nitrogens with zero attached hydrogens (tertiary/aromatic N) is 2. The minimum Gasteiger partial charge on any atom is -0.477 e. The summed E-state index contributed by atoms with van der Waals surface area (Å²) in [6.45, 7) is 3.61. The number of rotatable bonds is 6. The van der Waals surface area contributed by atoms with Crippen LogP contribution in [0.3, 0.4) is 0 Å². The number of aromatic carboxylic acids is 1. The molecule has 0 saturated heterocycles. The second-order valence-corrected chi connectivity index (χ2v) is 6.54. The van der Waals surface area contributed by atoms with Gasteiger partial charge in [-0.05, 0) is 26.0 Å². The summed E-state index contributed by atoms with van der Waals surface area (Å²) in [5.41, 5.74) is 0.548. The third-order valence-corrected chi connectivity index (χ3v) is 4.29. The van der Waals surface area contributed by atoms with E-state index in [0.717, 1.165) is 6.07 Å². The van der Waals surface area contributed by atoms with E-state index in [1.165, 1.54) is 17.0 Å². The minimum absolute atomic E-state index is 0.0532. The summed E-state index contributed by atoms with van der Waals surface area (Å²) in [6, 6.07) is 2.63. The van der Waals surface area contributed by atoms with Gasteiger partial charge in [0.05, 0.1) is 12.2 Å². The minimum atomic E-state index is -3.79. The lowest BCUT2D eigenvalue weighted by Gasteiger charge is -2.09. The van der Waals surface area contributed by atoms with Crippen molar-refractivity contribution in [1.82, 2.24) is 19.5 Å². The zero-order chi connectivity index (χ0) is 15.6. The summed E-state index contributed by atoms with van der Waals surface area (Å²) in [4.78, 5) is 11.1. The summed E-state index contributed by atoms with van der Waals surface area (Å²) >= 11 is 0. The lowest BCUT2D eigenvalue weighted by Crippen LogP contribution is -2.23. The number of carboxylic acids is 1. The summed E-state index contributed by atoms with van der Waals surface area (Å²) in [6.07, 6.45) is 2.84. The van der Waals surface area contributed by atoms with E-state index >= 15 is 0 Å². The van der Waals surface area contributed by atoms with Gasteiger partial charge in [-0.3, -0.25) is 5.10 Å². The molecule has 2 aromatic rings. The van der Waals surface area contributed by atoms with Crippen molar-refractivity contribution in [2.24, 2.45) is 0 Å². The lowest BCUT2D eigenvalue weighted by molar-refractivity contribution is 0.0683. The van der Waals surface area contributed by atoms with E-state index in [1.54, 1.807) is 19.9 Å². The fourth-order valence-electron chi connectivity index (χ4n) is 1.84. The summed E-state index contributed by atoms with van der Waals surface area (Å²) in [7, 11) is -3.79. The molecule has 0 spiro atoms. The highest BCUT2D eigenvalue weighted by molar-refractivity contribution is 7.89. The third-order valence-electron chi connectivity index (χ3n) is 2.92.